The lowest BCUT2D eigenvalue weighted by Gasteiger charge is -2.24. The summed E-state index contributed by atoms with van der Waals surface area (Å²) in [5.74, 6) is -1.52. The third-order valence-electron chi connectivity index (χ3n) is 3.57. The number of carbonyl (C=O) groups excluding carboxylic acids is 2. The van der Waals surface area contributed by atoms with Gasteiger partial charge < -0.3 is 9.47 Å². The fourth-order valence-corrected chi connectivity index (χ4v) is 2.56. The maximum absolute atomic E-state index is 11.8. The maximum atomic E-state index is 11.8. The first kappa shape index (κ1) is 14.7. The molecule has 0 radical (unpaired) electrons. The predicted octanol–water partition coefficient (Wildman–Crippen LogP) is 2.33. The van der Waals surface area contributed by atoms with Crippen LogP contribution in [0.25, 0.3) is 0 Å². The van der Waals surface area contributed by atoms with Crippen LogP contribution in [0.15, 0.2) is 12.2 Å². The SMILES string of the molecule is CCCC[C@H]1C=CC[C@H]1C(C(=O)OC)C(=O)OC. The molecule has 0 fully saturated rings. The molecule has 0 aromatic rings. The van der Waals surface area contributed by atoms with Crippen molar-refractivity contribution < 1.29 is 19.1 Å². The van der Waals surface area contributed by atoms with Gasteiger partial charge in [-0.25, -0.2) is 0 Å². The van der Waals surface area contributed by atoms with Crippen molar-refractivity contribution in [2.45, 2.75) is 32.6 Å². The van der Waals surface area contributed by atoms with E-state index >= 15 is 0 Å². The average molecular weight is 254 g/mol. The van der Waals surface area contributed by atoms with E-state index in [9.17, 15) is 9.59 Å². The Morgan fingerprint density at radius 1 is 1.28 bits per heavy atom. The van der Waals surface area contributed by atoms with Crippen LogP contribution in [0.4, 0.5) is 0 Å². The van der Waals surface area contributed by atoms with Gasteiger partial charge in [-0.3, -0.25) is 9.59 Å². The maximum Gasteiger partial charge on any atom is 0.320 e. The smallest absolute Gasteiger partial charge is 0.320 e. The van der Waals surface area contributed by atoms with Crippen molar-refractivity contribution in [1.82, 2.24) is 0 Å². The molecule has 0 saturated carbocycles. The first-order valence-electron chi connectivity index (χ1n) is 6.48. The lowest BCUT2D eigenvalue weighted by atomic mass is 9.81. The molecule has 102 valence electrons. The van der Waals surface area contributed by atoms with Gasteiger partial charge in [-0.1, -0.05) is 31.9 Å². The Morgan fingerprint density at radius 2 is 1.89 bits per heavy atom. The van der Waals surface area contributed by atoms with Crippen molar-refractivity contribution in [1.29, 1.82) is 0 Å². The van der Waals surface area contributed by atoms with Crippen molar-refractivity contribution in [3.8, 4) is 0 Å². The van der Waals surface area contributed by atoms with Crippen molar-refractivity contribution in [2.75, 3.05) is 14.2 Å². The zero-order valence-electron chi connectivity index (χ0n) is 11.3. The Bertz CT molecular complexity index is 306. The van der Waals surface area contributed by atoms with Gasteiger partial charge >= 0.3 is 11.9 Å². The van der Waals surface area contributed by atoms with Crippen LogP contribution in [-0.2, 0) is 19.1 Å². The fourth-order valence-electron chi connectivity index (χ4n) is 2.56. The summed E-state index contributed by atoms with van der Waals surface area (Å²) in [7, 11) is 2.61. The first-order chi connectivity index (χ1) is 8.65. The molecule has 0 bridgehead atoms. The van der Waals surface area contributed by atoms with E-state index < -0.39 is 17.9 Å². The van der Waals surface area contributed by atoms with E-state index in [-0.39, 0.29) is 11.8 Å². The van der Waals surface area contributed by atoms with Crippen LogP contribution in [0.5, 0.6) is 0 Å². The molecule has 0 heterocycles. The van der Waals surface area contributed by atoms with E-state index in [4.69, 9.17) is 9.47 Å². The summed E-state index contributed by atoms with van der Waals surface area (Å²) in [4.78, 5) is 23.5. The normalized spacial score (nSPS) is 22.2. The molecule has 1 rings (SSSR count). The highest BCUT2D eigenvalue weighted by Crippen LogP contribution is 2.36. The van der Waals surface area contributed by atoms with E-state index in [0.29, 0.717) is 0 Å². The molecule has 0 aromatic carbocycles. The van der Waals surface area contributed by atoms with Crippen LogP contribution in [0, 0.1) is 17.8 Å². The number of esters is 2. The van der Waals surface area contributed by atoms with Crippen LogP contribution in [-0.4, -0.2) is 26.2 Å². The highest BCUT2D eigenvalue weighted by Gasteiger charge is 2.41. The van der Waals surface area contributed by atoms with Crippen molar-refractivity contribution in [2.24, 2.45) is 17.8 Å². The minimum atomic E-state index is -0.795. The molecule has 4 heteroatoms. The van der Waals surface area contributed by atoms with Gasteiger partial charge in [0, 0.05) is 0 Å². The molecule has 18 heavy (non-hydrogen) atoms. The van der Waals surface area contributed by atoms with Crippen LogP contribution in [0.3, 0.4) is 0 Å². The Kier molecular flexibility index (Phi) is 5.89. The molecule has 0 aliphatic heterocycles. The van der Waals surface area contributed by atoms with Gasteiger partial charge in [0.15, 0.2) is 5.92 Å². The van der Waals surface area contributed by atoms with E-state index in [1.165, 1.54) is 14.2 Å². The third-order valence-corrected chi connectivity index (χ3v) is 3.57. The van der Waals surface area contributed by atoms with Gasteiger partial charge in [-0.2, -0.15) is 0 Å². The second-order valence-electron chi connectivity index (χ2n) is 4.66. The predicted molar refractivity (Wildman–Crippen MR) is 67.8 cm³/mol. The molecule has 1 aliphatic carbocycles. The number of unbranched alkanes of at least 4 members (excludes halogenated alkanes) is 1. The topological polar surface area (TPSA) is 52.6 Å². The molecule has 0 amide bonds. The lowest BCUT2D eigenvalue weighted by molar-refractivity contribution is -0.162. The fraction of sp³-hybridized carbons (Fsp3) is 0.714. The average Bonchev–Trinajstić information content (AvgIpc) is 2.84. The third kappa shape index (κ3) is 3.34. The van der Waals surface area contributed by atoms with Crippen molar-refractivity contribution >= 4 is 11.9 Å². The van der Waals surface area contributed by atoms with Crippen LogP contribution in [0.2, 0.25) is 0 Å². The summed E-state index contributed by atoms with van der Waals surface area (Å²) in [6.45, 7) is 2.13. The van der Waals surface area contributed by atoms with Crippen LogP contribution < -0.4 is 0 Å². The molecule has 0 saturated heterocycles. The standard InChI is InChI=1S/C14H22O4/c1-4-5-7-10-8-6-9-11(10)12(13(15)17-2)14(16)18-3/h6,8,10-12H,4-5,7,9H2,1-3H3/t10-,11+/m0/s1. The largest absolute Gasteiger partial charge is 0.468 e. The van der Waals surface area contributed by atoms with Crippen molar-refractivity contribution in [3.05, 3.63) is 12.2 Å². The summed E-state index contributed by atoms with van der Waals surface area (Å²) in [6, 6.07) is 0. The van der Waals surface area contributed by atoms with Gasteiger partial charge in [-0.05, 0) is 24.7 Å². The summed E-state index contributed by atoms with van der Waals surface area (Å²) in [5.41, 5.74) is 0. The van der Waals surface area contributed by atoms with Gasteiger partial charge in [-0.15, -0.1) is 0 Å². The van der Waals surface area contributed by atoms with E-state index in [1.807, 2.05) is 6.08 Å². The number of allylic oxidation sites excluding steroid dienone is 2. The summed E-state index contributed by atoms with van der Waals surface area (Å²) >= 11 is 0. The second-order valence-corrected chi connectivity index (χ2v) is 4.66. The monoisotopic (exact) mass is 254 g/mol. The van der Waals surface area contributed by atoms with E-state index in [0.717, 1.165) is 25.7 Å². The molecular formula is C14H22O4. The Labute approximate surface area is 108 Å². The second kappa shape index (κ2) is 7.19. The summed E-state index contributed by atoms with van der Waals surface area (Å²) in [5, 5.41) is 0. The van der Waals surface area contributed by atoms with Gasteiger partial charge in [0.05, 0.1) is 14.2 Å². The molecule has 0 aromatic heterocycles. The Balaban J connectivity index is 2.78. The number of rotatable bonds is 6. The number of hydrogen-bond donors (Lipinski definition) is 0. The van der Waals surface area contributed by atoms with Gasteiger partial charge in [0.2, 0.25) is 0 Å². The molecule has 4 nitrogen and oxygen atoms in total. The number of hydrogen-bond acceptors (Lipinski definition) is 4. The number of ether oxygens (including phenoxy) is 2. The van der Waals surface area contributed by atoms with E-state index in [2.05, 4.69) is 13.0 Å². The highest BCUT2D eigenvalue weighted by atomic mass is 16.5. The van der Waals surface area contributed by atoms with E-state index in [1.54, 1.807) is 0 Å². The first-order valence-corrected chi connectivity index (χ1v) is 6.48. The Hall–Kier alpha value is -1.32. The molecule has 0 spiro atoms. The molecule has 2 atom stereocenters. The van der Waals surface area contributed by atoms with Crippen LogP contribution >= 0.6 is 0 Å². The lowest BCUT2D eigenvalue weighted by Crippen LogP contribution is -2.35. The van der Waals surface area contributed by atoms with Crippen LogP contribution in [0.1, 0.15) is 32.6 Å². The number of carbonyl (C=O) groups is 2. The Morgan fingerprint density at radius 3 is 2.39 bits per heavy atom. The number of methoxy groups -OCH3 is 2. The van der Waals surface area contributed by atoms with Crippen molar-refractivity contribution in [3.63, 3.8) is 0 Å². The van der Waals surface area contributed by atoms with Gasteiger partial charge in [0.1, 0.15) is 0 Å². The highest BCUT2D eigenvalue weighted by molar-refractivity contribution is 5.95. The molecule has 1 aliphatic rings. The zero-order valence-corrected chi connectivity index (χ0v) is 11.3. The molecular weight excluding hydrogens is 232 g/mol. The summed E-state index contributed by atoms with van der Waals surface area (Å²) in [6.07, 6.45) is 8.10. The zero-order chi connectivity index (χ0) is 13.5. The quantitative estimate of drug-likeness (QED) is 0.415. The minimum absolute atomic E-state index is 0.0172. The molecule has 0 unspecified atom stereocenters. The van der Waals surface area contributed by atoms with Gasteiger partial charge in [0.25, 0.3) is 0 Å². The minimum Gasteiger partial charge on any atom is -0.468 e. The summed E-state index contributed by atoms with van der Waals surface area (Å²) < 4.78 is 9.47. The molecule has 0 N–H and O–H groups in total.